The van der Waals surface area contributed by atoms with Crippen LogP contribution in [0.1, 0.15) is 25.6 Å². The first-order valence-corrected chi connectivity index (χ1v) is 28.4. The Morgan fingerprint density at radius 2 is 1.38 bits per heavy atom. The van der Waals surface area contributed by atoms with Crippen LogP contribution in [0.4, 0.5) is 22.1 Å². The van der Waals surface area contributed by atoms with Crippen LogP contribution in [0.15, 0.2) is 34.9 Å². The molecule has 0 bridgehead atoms. The normalized spacial score (nSPS) is 31.2. The number of aryl methyl sites for hydroxylation is 1. The van der Waals surface area contributed by atoms with Gasteiger partial charge in [0.2, 0.25) is 17.7 Å². The quantitative estimate of drug-likeness (QED) is 0.0277. The largest absolute Gasteiger partial charge is 0.780 e. The van der Waals surface area contributed by atoms with Crippen molar-refractivity contribution in [3.63, 3.8) is 0 Å². The minimum atomic E-state index is -6.59. The second-order valence-corrected chi connectivity index (χ2v) is 24.2. The van der Waals surface area contributed by atoms with E-state index in [9.17, 15) is 58.2 Å². The molecule has 6 aromatic rings. The highest BCUT2D eigenvalue weighted by molar-refractivity contribution is 8.06. The number of ether oxygens (including phenoxy) is 4. The molecule has 3 aliphatic heterocycles. The third kappa shape index (κ3) is 10.9. The molecule has 9 heterocycles. The third-order valence-corrected chi connectivity index (χ3v) is 17.6. The minimum absolute atomic E-state index is 0.00907. The Morgan fingerprint density at radius 1 is 0.789 bits per heavy atom. The molecule has 0 saturated carbocycles. The Labute approximate surface area is 426 Å². The van der Waals surface area contributed by atoms with Gasteiger partial charge < -0.3 is 89.1 Å². The van der Waals surface area contributed by atoms with E-state index in [0.29, 0.717) is 0 Å². The predicted octanol–water partition coefficient (Wildman–Crippen LogP) is -5.75. The van der Waals surface area contributed by atoms with Gasteiger partial charge in [-0.05, 0) is 6.92 Å². The van der Waals surface area contributed by atoms with Gasteiger partial charge in [0, 0.05) is 7.11 Å². The van der Waals surface area contributed by atoms with Gasteiger partial charge >= 0.3 is 5.65 Å². The summed E-state index contributed by atoms with van der Waals surface area (Å²) < 4.78 is 110. The lowest BCUT2D eigenvalue weighted by atomic mass is 9.98. The SMILES string of the molecule is COC1C(OP([O-])(=S)OCC2OC(n3cnc4c(=O)[nH]c(N)nc43)C(O)C2O)C(COP(=O)([O-])OP(=O)([O-])OP(=O)([O-])OCC2OC([n+]3cn(C)c4c(=O)[nH]c(N)nc43)C(C)(F)C2O)OC1n1cnc2c(N)ncnc21. The number of aliphatic hydroxyl groups excluding tert-OH is 3. The summed E-state index contributed by atoms with van der Waals surface area (Å²) in [4.78, 5) is 106. The Balaban J connectivity index is 0.867. The molecule has 3 aliphatic rings. The number of phosphoric acid groups is 3. The zero-order valence-corrected chi connectivity index (χ0v) is 43.1. The Kier molecular flexibility index (Phi) is 15.1. The van der Waals surface area contributed by atoms with Gasteiger partial charge in [0.15, 0.2) is 47.1 Å². The lowest BCUT2D eigenvalue weighted by Gasteiger charge is -2.36. The van der Waals surface area contributed by atoms with Gasteiger partial charge in [0.05, 0.1) is 39.5 Å². The fourth-order valence-corrected chi connectivity index (χ4v) is 13.3. The highest BCUT2D eigenvalue weighted by Crippen LogP contribution is 2.63. The third-order valence-electron chi connectivity index (χ3n) is 11.9. The molecule has 0 spiro atoms. The van der Waals surface area contributed by atoms with Gasteiger partial charge in [-0.25, -0.2) is 37.5 Å². The second-order valence-electron chi connectivity index (χ2n) is 17.0. The van der Waals surface area contributed by atoms with E-state index in [4.69, 9.17) is 61.5 Å². The number of nitrogens with two attached hydrogens (primary N) is 3. The Morgan fingerprint density at radius 3 is 2.05 bits per heavy atom. The summed E-state index contributed by atoms with van der Waals surface area (Å²) in [6.45, 7) is -7.58. The maximum atomic E-state index is 16.1. The number of imidazole rings is 3. The number of aliphatic hydroxyl groups is 3. The first kappa shape index (κ1) is 56.0. The molecule has 6 aromatic heterocycles. The summed E-state index contributed by atoms with van der Waals surface area (Å²) in [5, 5.41) is 32.6. The molecule has 416 valence electrons. The lowest BCUT2D eigenvalue weighted by molar-refractivity contribution is -0.750. The van der Waals surface area contributed by atoms with Gasteiger partial charge in [-0.2, -0.15) is 4.98 Å². The zero-order valence-electron chi connectivity index (χ0n) is 38.7. The summed E-state index contributed by atoms with van der Waals surface area (Å²) in [5.41, 5.74) is 12.4. The number of alkyl halides is 1. The molecular formula is C33H41FN15O22P4S-3. The van der Waals surface area contributed by atoms with Crippen molar-refractivity contribution < 1.29 is 103 Å². The number of aromatic amines is 2. The number of nitrogen functional groups attached to an aromatic ring is 3. The van der Waals surface area contributed by atoms with Gasteiger partial charge in [-0.3, -0.25) is 47.0 Å². The number of nitrogens with zero attached hydrogens (tertiary/aromatic N) is 10. The molecule has 43 heteroatoms. The maximum Gasteiger partial charge on any atom is 0.313 e. The van der Waals surface area contributed by atoms with E-state index in [1.165, 1.54) is 16.2 Å². The van der Waals surface area contributed by atoms with Crippen LogP contribution < -0.4 is 52.5 Å². The molecule has 0 aromatic carbocycles. The molecule has 3 fully saturated rings. The lowest BCUT2D eigenvalue weighted by Crippen LogP contribution is -2.51. The van der Waals surface area contributed by atoms with E-state index in [1.54, 1.807) is 0 Å². The van der Waals surface area contributed by atoms with Crippen LogP contribution in [0, 0.1) is 0 Å². The molecule has 16 unspecified atom stereocenters. The van der Waals surface area contributed by atoms with E-state index < -0.39 is 134 Å². The van der Waals surface area contributed by atoms with Crippen molar-refractivity contribution in [2.24, 2.45) is 7.05 Å². The van der Waals surface area contributed by atoms with E-state index in [0.717, 1.165) is 48.5 Å². The van der Waals surface area contributed by atoms with Crippen molar-refractivity contribution >= 4 is 93.2 Å². The van der Waals surface area contributed by atoms with Crippen molar-refractivity contribution in [1.29, 1.82) is 0 Å². The molecule has 9 rings (SSSR count). The fourth-order valence-electron chi connectivity index (χ4n) is 8.50. The summed E-state index contributed by atoms with van der Waals surface area (Å²) in [7, 11) is -16.6. The van der Waals surface area contributed by atoms with Gasteiger partial charge in [0.1, 0.15) is 67.4 Å². The maximum absolute atomic E-state index is 16.1. The summed E-state index contributed by atoms with van der Waals surface area (Å²) in [6.07, 6.45) is -14.6. The number of rotatable bonds is 19. The number of H-pyrrole nitrogens is 2. The van der Waals surface area contributed by atoms with E-state index in [-0.39, 0.29) is 51.2 Å². The number of aromatic nitrogens is 12. The molecular weight excluding hydrogens is 1130 g/mol. The number of fused-ring (bicyclic) bond motifs is 3. The predicted molar refractivity (Wildman–Crippen MR) is 240 cm³/mol. The average Bonchev–Trinajstić information content (AvgIpc) is 4.16. The highest BCUT2D eigenvalue weighted by Gasteiger charge is 2.58. The van der Waals surface area contributed by atoms with Crippen LogP contribution in [0.25, 0.3) is 33.5 Å². The van der Waals surface area contributed by atoms with Crippen LogP contribution in [-0.2, 0) is 78.2 Å². The van der Waals surface area contributed by atoms with Gasteiger partial charge in [-0.1, -0.05) is 16.8 Å². The average molecular weight is 1170 g/mol. The number of phosphoric ester groups is 2. The number of hydrogen-bond acceptors (Lipinski definition) is 32. The first-order valence-electron chi connectivity index (χ1n) is 21.4. The number of nitrogens with one attached hydrogen (secondary N) is 2. The van der Waals surface area contributed by atoms with Crippen LogP contribution >= 0.6 is 30.2 Å². The van der Waals surface area contributed by atoms with Crippen molar-refractivity contribution in [3.05, 3.63) is 46.0 Å². The van der Waals surface area contributed by atoms with Crippen molar-refractivity contribution in [2.45, 2.75) is 80.1 Å². The summed E-state index contributed by atoms with van der Waals surface area (Å²) in [5.74, 6) is -0.768. The zero-order chi connectivity index (χ0) is 55.2. The minimum Gasteiger partial charge on any atom is -0.780 e. The fraction of sp³-hybridized carbons (Fsp3) is 0.545. The van der Waals surface area contributed by atoms with E-state index in [1.807, 2.05) is 0 Å². The van der Waals surface area contributed by atoms with Crippen LogP contribution in [0.2, 0.25) is 0 Å². The number of hydrogen-bond donors (Lipinski definition) is 8. The first-order chi connectivity index (χ1) is 35.5. The topological polar surface area (TPSA) is 536 Å². The summed E-state index contributed by atoms with van der Waals surface area (Å²) >= 11 is 5.14. The molecule has 37 nitrogen and oxygen atoms in total. The highest BCUT2D eigenvalue weighted by atomic mass is 32.5. The van der Waals surface area contributed by atoms with Crippen LogP contribution in [-0.4, -0.2) is 150 Å². The van der Waals surface area contributed by atoms with Gasteiger partial charge in [0.25, 0.3) is 40.5 Å². The number of methoxy groups -OCH3 is 1. The van der Waals surface area contributed by atoms with Crippen LogP contribution in [0.3, 0.4) is 0 Å². The van der Waals surface area contributed by atoms with Crippen molar-refractivity contribution in [1.82, 2.24) is 53.6 Å². The standard InChI is InChI=1S/C33H44FN15O22P4S/c1-33(34)21(52)13(68-30(33)49-10-46(2)16-25(49)43-32(37)45-27(16)54)6-64-73(57,58)71-74(59,60)70-72(55,56)63-5-12-19(20(62-3)29(67-12)47-8-40-14-22(35)38-7-39-23(14)47)69-75(61,76)65-4-11-17(50)18(51)28(66-11)48-9-41-15-24(48)42-31(36)44-26(15)53/h7-13,17-21,28-30,50-52H,4-6H2,1-3H3,(H11-,35,36,37,38,39,42,43,44,45,53,54,55,56,57,58,59,60,61,76)/p-3. The Bertz CT molecular complexity index is 3530. The monoisotopic (exact) mass is 1170 g/mol. The Hall–Kier alpha value is -4.76. The molecule has 0 amide bonds. The van der Waals surface area contributed by atoms with E-state index >= 15 is 4.39 Å². The number of anilines is 3. The smallest absolute Gasteiger partial charge is 0.313 e. The summed E-state index contributed by atoms with van der Waals surface area (Å²) in [6, 6.07) is 0. The van der Waals surface area contributed by atoms with Crippen LogP contribution in [0.5, 0.6) is 0 Å². The molecule has 0 radical (unpaired) electrons. The molecule has 11 N–H and O–H groups in total. The molecule has 0 aliphatic carbocycles. The molecule has 76 heavy (non-hydrogen) atoms. The number of halogens is 1. The second kappa shape index (κ2) is 20.5. The van der Waals surface area contributed by atoms with E-state index in [2.05, 4.69) is 53.0 Å². The molecule has 16 atom stereocenters. The van der Waals surface area contributed by atoms with Crippen molar-refractivity contribution in [2.75, 3.05) is 44.1 Å². The molecule has 3 saturated heterocycles. The van der Waals surface area contributed by atoms with Gasteiger partial charge in [-0.15, -0.1) is 0 Å². The van der Waals surface area contributed by atoms with Crippen molar-refractivity contribution in [3.8, 4) is 0 Å².